The summed E-state index contributed by atoms with van der Waals surface area (Å²) in [5.41, 5.74) is 3.39. The monoisotopic (exact) mass is 329 g/mol. The predicted molar refractivity (Wildman–Crippen MR) is 93.0 cm³/mol. The molecule has 0 aromatic heterocycles. The zero-order chi connectivity index (χ0) is 17.1. The number of aliphatic hydroxyl groups is 1. The zero-order valence-corrected chi connectivity index (χ0v) is 14.5. The molecule has 0 spiro atoms. The highest BCUT2D eigenvalue weighted by Crippen LogP contribution is 2.25. The number of hydrogen-bond donors (Lipinski definition) is 1. The normalized spacial score (nSPS) is 23.2. The molecule has 0 bridgehead atoms. The van der Waals surface area contributed by atoms with Crippen molar-refractivity contribution >= 4 is 11.7 Å². The van der Waals surface area contributed by atoms with Crippen LogP contribution in [0, 0.1) is 5.92 Å². The largest absolute Gasteiger partial charge is 0.396 e. The van der Waals surface area contributed by atoms with Crippen LogP contribution in [0.25, 0.3) is 0 Å². The first-order valence-electron chi connectivity index (χ1n) is 9.14. The molecule has 1 saturated heterocycles. The summed E-state index contributed by atoms with van der Waals surface area (Å²) in [5.74, 6) is 0.272. The van der Waals surface area contributed by atoms with Gasteiger partial charge in [-0.1, -0.05) is 12.1 Å². The van der Waals surface area contributed by atoms with Crippen molar-refractivity contribution in [2.75, 3.05) is 13.2 Å². The average molecular weight is 329 g/mol. The van der Waals surface area contributed by atoms with Crippen molar-refractivity contribution in [2.45, 2.75) is 57.9 Å². The lowest BCUT2D eigenvalue weighted by molar-refractivity contribution is -0.135. The Morgan fingerprint density at radius 3 is 2.75 bits per heavy atom. The minimum absolute atomic E-state index is 0.0372. The molecule has 130 valence electrons. The van der Waals surface area contributed by atoms with Gasteiger partial charge in [0.05, 0.1) is 0 Å². The predicted octanol–water partition coefficient (Wildman–Crippen LogP) is 2.76. The van der Waals surface area contributed by atoms with Gasteiger partial charge in [0.2, 0.25) is 5.91 Å². The minimum atomic E-state index is 0.0372. The molecule has 2 atom stereocenters. The minimum Gasteiger partial charge on any atom is -0.396 e. The Morgan fingerprint density at radius 2 is 1.96 bits per heavy atom. The standard InChI is InChI=1S/C20H27NO3/c1-14-5-6-15(13-22)12-21(14)20(24)10-9-19(23)18-8-7-16-3-2-4-17(16)11-18/h7-8,11,14-15,22H,2-6,9-10,12-13H2,1H3. The van der Waals surface area contributed by atoms with Crippen LogP contribution in [-0.4, -0.2) is 40.9 Å². The number of amides is 1. The number of ketones is 1. The molecule has 2 unspecified atom stereocenters. The summed E-state index contributed by atoms with van der Waals surface area (Å²) in [5, 5.41) is 9.33. The number of carbonyl (C=O) groups excluding carboxylic acids is 2. The molecule has 3 rings (SSSR count). The van der Waals surface area contributed by atoms with E-state index >= 15 is 0 Å². The Labute approximate surface area is 143 Å². The van der Waals surface area contributed by atoms with Crippen LogP contribution in [0.1, 0.15) is 60.5 Å². The highest BCUT2D eigenvalue weighted by atomic mass is 16.3. The molecule has 4 heteroatoms. The number of aliphatic hydroxyl groups excluding tert-OH is 1. The van der Waals surface area contributed by atoms with E-state index in [0.29, 0.717) is 6.54 Å². The van der Waals surface area contributed by atoms with Gasteiger partial charge >= 0.3 is 0 Å². The van der Waals surface area contributed by atoms with Crippen molar-refractivity contribution in [3.05, 3.63) is 34.9 Å². The molecule has 4 nitrogen and oxygen atoms in total. The summed E-state index contributed by atoms with van der Waals surface area (Å²) in [6, 6.07) is 6.19. The second-order valence-corrected chi connectivity index (χ2v) is 7.28. The smallest absolute Gasteiger partial charge is 0.223 e. The van der Waals surface area contributed by atoms with E-state index in [2.05, 4.69) is 6.07 Å². The molecule has 1 N–H and O–H groups in total. The fraction of sp³-hybridized carbons (Fsp3) is 0.600. The second kappa shape index (κ2) is 7.47. The summed E-state index contributed by atoms with van der Waals surface area (Å²) in [4.78, 5) is 26.8. The quantitative estimate of drug-likeness (QED) is 0.845. The van der Waals surface area contributed by atoms with Gasteiger partial charge in [-0.05, 0) is 62.1 Å². The zero-order valence-electron chi connectivity index (χ0n) is 14.5. The summed E-state index contributed by atoms with van der Waals surface area (Å²) in [6.07, 6.45) is 5.77. The first kappa shape index (κ1) is 17.2. The van der Waals surface area contributed by atoms with Crippen molar-refractivity contribution in [3.63, 3.8) is 0 Å². The van der Waals surface area contributed by atoms with Crippen LogP contribution in [0.15, 0.2) is 18.2 Å². The van der Waals surface area contributed by atoms with Gasteiger partial charge in [0.15, 0.2) is 5.78 Å². The van der Waals surface area contributed by atoms with Crippen molar-refractivity contribution in [3.8, 4) is 0 Å². The fourth-order valence-corrected chi connectivity index (χ4v) is 3.93. The lowest BCUT2D eigenvalue weighted by Gasteiger charge is -2.37. The number of piperidine rings is 1. The molecular weight excluding hydrogens is 302 g/mol. The van der Waals surface area contributed by atoms with Gasteiger partial charge < -0.3 is 10.0 Å². The van der Waals surface area contributed by atoms with Gasteiger partial charge in [-0.3, -0.25) is 9.59 Å². The lowest BCUT2D eigenvalue weighted by atomic mass is 9.93. The maximum Gasteiger partial charge on any atom is 0.223 e. The first-order chi connectivity index (χ1) is 11.6. The molecule has 1 heterocycles. The van der Waals surface area contributed by atoms with E-state index in [1.54, 1.807) is 0 Å². The summed E-state index contributed by atoms with van der Waals surface area (Å²) < 4.78 is 0. The van der Waals surface area contributed by atoms with E-state index in [-0.39, 0.29) is 43.1 Å². The lowest BCUT2D eigenvalue weighted by Crippen LogP contribution is -2.46. The van der Waals surface area contributed by atoms with Gasteiger partial charge in [0.25, 0.3) is 0 Å². The van der Waals surface area contributed by atoms with Crippen molar-refractivity contribution in [2.24, 2.45) is 5.92 Å². The number of fused-ring (bicyclic) bond motifs is 1. The topological polar surface area (TPSA) is 57.6 Å². The molecule has 0 radical (unpaired) electrons. The van der Waals surface area contributed by atoms with Gasteiger partial charge in [-0.15, -0.1) is 0 Å². The van der Waals surface area contributed by atoms with Crippen molar-refractivity contribution < 1.29 is 14.7 Å². The average Bonchev–Trinajstić information content (AvgIpc) is 3.07. The second-order valence-electron chi connectivity index (χ2n) is 7.28. The van der Waals surface area contributed by atoms with Crippen LogP contribution in [0.5, 0.6) is 0 Å². The van der Waals surface area contributed by atoms with Crippen LogP contribution in [0.3, 0.4) is 0 Å². The molecule has 2 aliphatic rings. The van der Waals surface area contributed by atoms with Crippen LogP contribution >= 0.6 is 0 Å². The van der Waals surface area contributed by atoms with E-state index < -0.39 is 0 Å². The van der Waals surface area contributed by atoms with Crippen LogP contribution in [-0.2, 0) is 17.6 Å². The Morgan fingerprint density at radius 1 is 1.17 bits per heavy atom. The molecule has 1 aliphatic carbocycles. The maximum absolute atomic E-state index is 12.5. The van der Waals surface area contributed by atoms with Gasteiger partial charge in [0, 0.05) is 37.6 Å². The Hall–Kier alpha value is -1.68. The Kier molecular flexibility index (Phi) is 5.34. The van der Waals surface area contributed by atoms with Crippen LogP contribution in [0.4, 0.5) is 0 Å². The Balaban J connectivity index is 1.56. The number of likely N-dealkylation sites (tertiary alicyclic amines) is 1. The number of Topliss-reactive ketones (excluding diaryl/α,β-unsaturated/α-hetero) is 1. The SMILES string of the molecule is CC1CCC(CO)CN1C(=O)CCC(=O)c1ccc2c(c1)CCC2. The summed E-state index contributed by atoms with van der Waals surface area (Å²) in [6.45, 7) is 2.79. The number of benzene rings is 1. The number of rotatable bonds is 5. The van der Waals surface area contributed by atoms with E-state index in [9.17, 15) is 14.7 Å². The first-order valence-corrected chi connectivity index (χ1v) is 9.14. The molecule has 1 amide bonds. The van der Waals surface area contributed by atoms with Crippen LogP contribution < -0.4 is 0 Å². The van der Waals surface area contributed by atoms with E-state index in [1.807, 2.05) is 24.0 Å². The fourth-order valence-electron chi connectivity index (χ4n) is 3.93. The summed E-state index contributed by atoms with van der Waals surface area (Å²) >= 11 is 0. The molecule has 1 fully saturated rings. The number of nitrogens with zero attached hydrogens (tertiary/aromatic N) is 1. The van der Waals surface area contributed by atoms with Crippen LogP contribution in [0.2, 0.25) is 0 Å². The van der Waals surface area contributed by atoms with Gasteiger partial charge in [-0.2, -0.15) is 0 Å². The number of aryl methyl sites for hydroxylation is 2. The third-order valence-electron chi connectivity index (χ3n) is 5.54. The number of hydrogen-bond acceptors (Lipinski definition) is 3. The van der Waals surface area contributed by atoms with Crippen molar-refractivity contribution in [1.82, 2.24) is 4.90 Å². The van der Waals surface area contributed by atoms with Crippen molar-refractivity contribution in [1.29, 1.82) is 0 Å². The number of carbonyl (C=O) groups is 2. The van der Waals surface area contributed by atoms with E-state index in [4.69, 9.17) is 0 Å². The maximum atomic E-state index is 12.5. The van der Waals surface area contributed by atoms with E-state index in [0.717, 1.165) is 31.2 Å². The van der Waals surface area contributed by atoms with E-state index in [1.165, 1.54) is 17.5 Å². The molecule has 24 heavy (non-hydrogen) atoms. The highest BCUT2D eigenvalue weighted by molar-refractivity contribution is 5.98. The van der Waals surface area contributed by atoms with Gasteiger partial charge in [0.1, 0.15) is 0 Å². The third kappa shape index (κ3) is 3.69. The molecule has 0 saturated carbocycles. The third-order valence-corrected chi connectivity index (χ3v) is 5.54. The molecule has 1 aromatic carbocycles. The molecule has 1 aromatic rings. The molecule has 1 aliphatic heterocycles. The Bertz CT molecular complexity index is 625. The van der Waals surface area contributed by atoms with Gasteiger partial charge in [-0.25, -0.2) is 0 Å². The highest BCUT2D eigenvalue weighted by Gasteiger charge is 2.28. The summed E-state index contributed by atoms with van der Waals surface area (Å²) in [7, 11) is 0. The molecular formula is C20H27NO3.